The van der Waals surface area contributed by atoms with E-state index in [1.165, 1.54) is 0 Å². The van der Waals surface area contributed by atoms with Crippen LogP contribution in [0.25, 0.3) is 11.4 Å². The van der Waals surface area contributed by atoms with Crippen molar-refractivity contribution in [3.63, 3.8) is 0 Å². The molecule has 106 valence electrons. The first-order valence-corrected chi connectivity index (χ1v) is 8.79. The van der Waals surface area contributed by atoms with E-state index >= 15 is 0 Å². The van der Waals surface area contributed by atoms with Gasteiger partial charge in [0.05, 0.1) is 10.0 Å². The lowest BCUT2D eigenvalue weighted by Crippen LogP contribution is -2.06. The molecule has 20 heavy (non-hydrogen) atoms. The zero-order chi connectivity index (χ0) is 14.5. The standard InChI is InChI=1S/C11H8Cl3N3O2S/c12-8-4-1-6(5-9(8)13)10-15-16-11(20(14,18)19)17(10)7-2-3-7/h1,4-5,7H,2-3H2. The van der Waals surface area contributed by atoms with Crippen LogP contribution < -0.4 is 0 Å². The predicted molar refractivity (Wildman–Crippen MR) is 76.8 cm³/mol. The Morgan fingerprint density at radius 3 is 2.40 bits per heavy atom. The fraction of sp³-hybridized carbons (Fsp3) is 0.273. The van der Waals surface area contributed by atoms with Gasteiger partial charge in [-0.25, -0.2) is 8.42 Å². The minimum absolute atomic E-state index is 0.0537. The molecule has 1 heterocycles. The number of hydrogen-bond donors (Lipinski definition) is 0. The van der Waals surface area contributed by atoms with Crippen LogP contribution in [0.3, 0.4) is 0 Å². The summed E-state index contributed by atoms with van der Waals surface area (Å²) in [6.45, 7) is 0. The highest BCUT2D eigenvalue weighted by atomic mass is 35.7. The molecular formula is C11H8Cl3N3O2S. The Bertz CT molecular complexity index is 784. The number of nitrogens with zero attached hydrogens (tertiary/aromatic N) is 3. The molecule has 0 aliphatic heterocycles. The van der Waals surface area contributed by atoms with Crippen LogP contribution in [0.5, 0.6) is 0 Å². The van der Waals surface area contributed by atoms with Crippen LogP contribution in [0.1, 0.15) is 18.9 Å². The molecule has 1 aromatic carbocycles. The fourth-order valence-corrected chi connectivity index (χ4v) is 3.16. The molecule has 0 spiro atoms. The van der Waals surface area contributed by atoms with E-state index < -0.39 is 9.05 Å². The smallest absolute Gasteiger partial charge is 0.294 e. The minimum Gasteiger partial charge on any atom is -0.294 e. The van der Waals surface area contributed by atoms with Crippen molar-refractivity contribution in [2.45, 2.75) is 24.0 Å². The largest absolute Gasteiger partial charge is 0.296 e. The second kappa shape index (κ2) is 4.87. The molecule has 1 saturated carbocycles. The predicted octanol–water partition coefficient (Wildman–Crippen LogP) is 3.51. The van der Waals surface area contributed by atoms with Crippen LogP contribution in [0, 0.1) is 0 Å². The highest BCUT2D eigenvalue weighted by Crippen LogP contribution is 2.41. The first kappa shape index (κ1) is 14.1. The summed E-state index contributed by atoms with van der Waals surface area (Å²) in [5.41, 5.74) is 0.644. The van der Waals surface area contributed by atoms with Gasteiger partial charge in [-0.05, 0) is 31.0 Å². The minimum atomic E-state index is -3.94. The first-order valence-electron chi connectivity index (χ1n) is 5.73. The Labute approximate surface area is 129 Å². The van der Waals surface area contributed by atoms with E-state index in [4.69, 9.17) is 33.9 Å². The summed E-state index contributed by atoms with van der Waals surface area (Å²) < 4.78 is 24.6. The summed E-state index contributed by atoms with van der Waals surface area (Å²) in [6, 6.07) is 5.01. The van der Waals surface area contributed by atoms with Crippen LogP contribution in [-0.2, 0) is 9.05 Å². The van der Waals surface area contributed by atoms with Crippen molar-refractivity contribution in [1.29, 1.82) is 0 Å². The molecule has 0 saturated heterocycles. The number of aromatic nitrogens is 3. The van der Waals surface area contributed by atoms with Gasteiger partial charge in [-0.15, -0.1) is 10.2 Å². The van der Waals surface area contributed by atoms with Crippen molar-refractivity contribution in [2.75, 3.05) is 0 Å². The van der Waals surface area contributed by atoms with Crippen molar-refractivity contribution >= 4 is 42.9 Å². The zero-order valence-corrected chi connectivity index (χ0v) is 13.0. The maximum absolute atomic E-state index is 11.5. The molecule has 0 radical (unpaired) electrons. The molecule has 0 N–H and O–H groups in total. The van der Waals surface area contributed by atoms with Crippen LogP contribution in [-0.4, -0.2) is 23.2 Å². The summed E-state index contributed by atoms with van der Waals surface area (Å²) in [5, 5.41) is 8.17. The summed E-state index contributed by atoms with van der Waals surface area (Å²) in [7, 11) is 1.45. The normalized spacial score (nSPS) is 15.6. The number of halogens is 3. The van der Waals surface area contributed by atoms with Gasteiger partial charge >= 0.3 is 0 Å². The maximum Gasteiger partial charge on any atom is 0.296 e. The van der Waals surface area contributed by atoms with Gasteiger partial charge in [-0.3, -0.25) is 4.57 Å². The average Bonchev–Trinajstić information content (AvgIpc) is 3.10. The van der Waals surface area contributed by atoms with Crippen molar-refractivity contribution in [1.82, 2.24) is 14.8 Å². The van der Waals surface area contributed by atoms with E-state index in [2.05, 4.69) is 10.2 Å². The second-order valence-corrected chi connectivity index (χ2v) is 7.75. The van der Waals surface area contributed by atoms with Crippen LogP contribution in [0.4, 0.5) is 0 Å². The van der Waals surface area contributed by atoms with E-state index in [0.717, 1.165) is 12.8 Å². The summed E-state index contributed by atoms with van der Waals surface area (Å²) in [4.78, 5) is 0. The van der Waals surface area contributed by atoms with Gasteiger partial charge in [-0.1, -0.05) is 23.2 Å². The summed E-state index contributed by atoms with van der Waals surface area (Å²) in [6.07, 6.45) is 1.73. The Morgan fingerprint density at radius 1 is 1.15 bits per heavy atom. The summed E-state index contributed by atoms with van der Waals surface area (Å²) in [5.74, 6) is 0.422. The molecule has 2 aromatic rings. The van der Waals surface area contributed by atoms with Gasteiger partial charge in [0.15, 0.2) is 5.82 Å². The van der Waals surface area contributed by atoms with Gasteiger partial charge in [0.25, 0.3) is 14.2 Å². The number of rotatable bonds is 3. The molecule has 3 rings (SSSR count). The molecule has 1 aromatic heterocycles. The Hall–Kier alpha value is -0.820. The highest BCUT2D eigenvalue weighted by molar-refractivity contribution is 8.13. The van der Waals surface area contributed by atoms with Crippen LogP contribution >= 0.6 is 33.9 Å². The number of benzene rings is 1. The molecule has 0 amide bonds. The quantitative estimate of drug-likeness (QED) is 0.793. The first-order chi connectivity index (χ1) is 9.38. The lowest BCUT2D eigenvalue weighted by atomic mass is 10.2. The van der Waals surface area contributed by atoms with Crippen LogP contribution in [0.15, 0.2) is 23.4 Å². The third-order valence-corrected chi connectivity index (χ3v) is 4.84. The van der Waals surface area contributed by atoms with Crippen molar-refractivity contribution in [2.24, 2.45) is 0 Å². The SMILES string of the molecule is O=S(=O)(Cl)c1nnc(-c2ccc(Cl)c(Cl)c2)n1C1CC1. The average molecular weight is 353 g/mol. The van der Waals surface area contributed by atoms with Gasteiger partial charge in [0, 0.05) is 22.3 Å². The molecule has 0 atom stereocenters. The van der Waals surface area contributed by atoms with E-state index in [1.54, 1.807) is 22.8 Å². The molecule has 0 unspecified atom stereocenters. The topological polar surface area (TPSA) is 64.8 Å². The Balaban J connectivity index is 2.19. The second-order valence-electron chi connectivity index (χ2n) is 4.47. The third kappa shape index (κ3) is 2.53. The lowest BCUT2D eigenvalue weighted by molar-refractivity contribution is 0.579. The molecule has 1 aliphatic carbocycles. The van der Waals surface area contributed by atoms with E-state index in [-0.39, 0.29) is 11.2 Å². The van der Waals surface area contributed by atoms with Crippen LogP contribution in [0.2, 0.25) is 10.0 Å². The van der Waals surface area contributed by atoms with E-state index in [0.29, 0.717) is 21.4 Å². The zero-order valence-electron chi connectivity index (χ0n) is 9.92. The van der Waals surface area contributed by atoms with E-state index in [1.807, 2.05) is 0 Å². The molecule has 5 nitrogen and oxygen atoms in total. The fourth-order valence-electron chi connectivity index (χ4n) is 1.94. The van der Waals surface area contributed by atoms with Gasteiger partial charge in [-0.2, -0.15) is 0 Å². The van der Waals surface area contributed by atoms with Gasteiger partial charge in [0.2, 0.25) is 0 Å². The van der Waals surface area contributed by atoms with Crippen molar-refractivity contribution in [3.05, 3.63) is 28.2 Å². The molecule has 9 heteroatoms. The molecule has 1 fully saturated rings. The highest BCUT2D eigenvalue weighted by Gasteiger charge is 2.34. The third-order valence-electron chi connectivity index (χ3n) is 2.97. The van der Waals surface area contributed by atoms with Gasteiger partial charge in [0.1, 0.15) is 0 Å². The van der Waals surface area contributed by atoms with Crippen molar-refractivity contribution in [3.8, 4) is 11.4 Å². The maximum atomic E-state index is 11.5. The molecule has 1 aliphatic rings. The van der Waals surface area contributed by atoms with E-state index in [9.17, 15) is 8.42 Å². The molecular weight excluding hydrogens is 345 g/mol. The monoisotopic (exact) mass is 351 g/mol. The van der Waals surface area contributed by atoms with Crippen molar-refractivity contribution < 1.29 is 8.42 Å². The van der Waals surface area contributed by atoms with Gasteiger partial charge < -0.3 is 0 Å². The number of hydrogen-bond acceptors (Lipinski definition) is 4. The summed E-state index contributed by atoms with van der Waals surface area (Å²) >= 11 is 11.8. The Kier molecular flexibility index (Phi) is 3.44. The molecule has 0 bridgehead atoms. The lowest BCUT2D eigenvalue weighted by Gasteiger charge is -2.07. The Morgan fingerprint density at radius 2 is 1.85 bits per heavy atom.